The van der Waals surface area contributed by atoms with Gasteiger partial charge < -0.3 is 10.2 Å². The average molecular weight is 511 g/mol. The van der Waals surface area contributed by atoms with E-state index in [0.717, 1.165) is 17.0 Å². The maximum atomic E-state index is 14.5. The molecule has 4 amide bonds. The highest BCUT2D eigenvalue weighted by molar-refractivity contribution is 6.66. The highest BCUT2D eigenvalue weighted by atomic mass is 35.5. The van der Waals surface area contributed by atoms with Gasteiger partial charge in [-0.05, 0) is 34.5 Å². The Morgan fingerprint density at radius 1 is 1.03 bits per heavy atom. The minimum absolute atomic E-state index is 0.103. The Hall–Kier alpha value is -3.01. The number of carbonyl (C=O) groups excluding carboxylic acids is 4. The number of nitrogens with zero attached hydrogens (tertiary/aromatic N) is 1. The van der Waals surface area contributed by atoms with Crippen LogP contribution in [0.2, 0.25) is 15.5 Å². The van der Waals surface area contributed by atoms with E-state index in [2.05, 4.69) is 5.32 Å². The van der Waals surface area contributed by atoms with Crippen LogP contribution in [0.1, 0.15) is 27.0 Å². The van der Waals surface area contributed by atoms with Gasteiger partial charge in [-0.15, -0.1) is 0 Å². The van der Waals surface area contributed by atoms with Gasteiger partial charge in [0.1, 0.15) is 7.85 Å². The molecule has 4 rings (SSSR count). The summed E-state index contributed by atoms with van der Waals surface area (Å²) in [5.74, 6) is -8.50. The molecule has 2 aliphatic heterocycles. The zero-order valence-corrected chi connectivity index (χ0v) is 19.8. The second-order valence-electron chi connectivity index (χ2n) is 8.93. The molecule has 0 saturated carbocycles. The third-order valence-electron chi connectivity index (χ3n) is 6.61. The first-order chi connectivity index (χ1) is 17.0. The molecular formula is C22H13B5ClF2N3O4. The molecule has 1 fully saturated rings. The Morgan fingerprint density at radius 2 is 1.65 bits per heavy atom. The Morgan fingerprint density at radius 3 is 2.27 bits per heavy atom. The van der Waals surface area contributed by atoms with Crippen molar-refractivity contribution in [1.82, 2.24) is 15.5 Å². The minimum atomic E-state index is -3.83. The first kappa shape index (κ1) is 27.0. The molecule has 10 radical (unpaired) electrons. The van der Waals surface area contributed by atoms with Crippen LogP contribution < -0.4 is 10.6 Å². The number of carbonyl (C=O) groups is 4. The second-order valence-corrected chi connectivity index (χ2v) is 9.37. The second kappa shape index (κ2) is 8.79. The Balaban J connectivity index is 1.54. The molecule has 176 valence electrons. The van der Waals surface area contributed by atoms with Crippen LogP contribution in [0.25, 0.3) is 0 Å². The van der Waals surface area contributed by atoms with Crippen molar-refractivity contribution in [2.45, 2.75) is 34.9 Å². The molecule has 0 spiro atoms. The summed E-state index contributed by atoms with van der Waals surface area (Å²) in [6.07, 6.45) is 0. The largest absolute Gasteiger partial charge is 0.349 e. The third-order valence-corrected chi connectivity index (χ3v) is 6.86. The molecule has 15 heteroatoms. The standard InChI is InChI=1S/C22H13B5ClF2N3O4/c23-20(24)17(36)32-18(37)21(25,22(20,26)27)33-9-11-7-10(1-6-14(11)15(33)34)8-31-16(35)19(29,30)12-2-4-13(28)5-3-12/h1-7H,8-9H2,(H,31,35)(H,32,36,37). The minimum Gasteiger partial charge on any atom is -0.346 e. The number of hydrogen-bond acceptors (Lipinski definition) is 4. The summed E-state index contributed by atoms with van der Waals surface area (Å²) in [6, 6.07) is 8.80. The first-order valence-electron chi connectivity index (χ1n) is 10.7. The van der Waals surface area contributed by atoms with E-state index in [0.29, 0.717) is 11.1 Å². The molecule has 2 N–H and O–H groups in total. The van der Waals surface area contributed by atoms with Crippen molar-refractivity contribution < 1.29 is 28.0 Å². The number of halogens is 3. The molecule has 2 aliphatic rings. The van der Waals surface area contributed by atoms with Crippen molar-refractivity contribution in [1.29, 1.82) is 0 Å². The smallest absolute Gasteiger partial charge is 0.346 e. The zero-order valence-electron chi connectivity index (χ0n) is 19.1. The van der Waals surface area contributed by atoms with Crippen molar-refractivity contribution in [2.24, 2.45) is 0 Å². The quantitative estimate of drug-likeness (QED) is 0.442. The van der Waals surface area contributed by atoms with Crippen molar-refractivity contribution in [3.63, 3.8) is 0 Å². The highest BCUT2D eigenvalue weighted by Crippen LogP contribution is 2.55. The SMILES string of the molecule is [B]C1([B])C(=O)NC(=O)C([B])(N2Cc3cc(CNC(=O)C(F)(F)c4ccc(Cl)cc4)ccc3C2=O)C1([B])[B]. The van der Waals surface area contributed by atoms with Crippen LogP contribution in [0.3, 0.4) is 0 Å². The number of benzene rings is 2. The molecule has 1 unspecified atom stereocenters. The van der Waals surface area contributed by atoms with E-state index in [4.69, 9.17) is 50.8 Å². The van der Waals surface area contributed by atoms with E-state index in [1.807, 2.05) is 5.32 Å². The Bertz CT molecular complexity index is 1340. The fourth-order valence-electron chi connectivity index (χ4n) is 4.19. The summed E-state index contributed by atoms with van der Waals surface area (Å²) < 4.78 is 29.1. The van der Waals surface area contributed by atoms with E-state index in [1.54, 1.807) is 0 Å². The van der Waals surface area contributed by atoms with E-state index < -0.39 is 51.0 Å². The fraction of sp³-hybridized carbons (Fsp3) is 0.273. The van der Waals surface area contributed by atoms with E-state index in [-0.39, 0.29) is 23.7 Å². The van der Waals surface area contributed by atoms with Gasteiger partial charge in [0.05, 0.1) is 36.8 Å². The highest BCUT2D eigenvalue weighted by Gasteiger charge is 2.63. The lowest BCUT2D eigenvalue weighted by Crippen LogP contribution is -2.75. The first-order valence-corrected chi connectivity index (χ1v) is 11.1. The number of piperidine rings is 1. The number of hydrogen-bond donors (Lipinski definition) is 2. The fourth-order valence-corrected chi connectivity index (χ4v) is 4.32. The van der Waals surface area contributed by atoms with Gasteiger partial charge >= 0.3 is 5.92 Å². The molecule has 2 heterocycles. The number of nitrogens with one attached hydrogen (secondary N) is 2. The van der Waals surface area contributed by atoms with Gasteiger partial charge in [-0.3, -0.25) is 24.5 Å². The van der Waals surface area contributed by atoms with E-state index in [1.165, 1.54) is 30.3 Å². The lowest BCUT2D eigenvalue weighted by molar-refractivity contribution is -0.147. The van der Waals surface area contributed by atoms with E-state index in [9.17, 15) is 28.0 Å². The van der Waals surface area contributed by atoms with Gasteiger partial charge in [-0.1, -0.05) is 41.1 Å². The number of amides is 4. The van der Waals surface area contributed by atoms with Gasteiger partial charge in [-0.25, -0.2) is 0 Å². The summed E-state index contributed by atoms with van der Waals surface area (Å²) in [4.78, 5) is 51.0. The summed E-state index contributed by atoms with van der Waals surface area (Å²) in [5.41, 5.74) is -2.28. The van der Waals surface area contributed by atoms with Gasteiger partial charge in [0, 0.05) is 29.2 Å². The molecule has 37 heavy (non-hydrogen) atoms. The van der Waals surface area contributed by atoms with Crippen molar-refractivity contribution in [2.75, 3.05) is 0 Å². The Kier molecular flexibility index (Phi) is 6.42. The monoisotopic (exact) mass is 511 g/mol. The van der Waals surface area contributed by atoms with Gasteiger partial charge in [0.25, 0.3) is 11.8 Å². The lowest BCUT2D eigenvalue weighted by atomic mass is 9.21. The average Bonchev–Trinajstić information content (AvgIpc) is 3.17. The van der Waals surface area contributed by atoms with Gasteiger partial charge in [-0.2, -0.15) is 8.78 Å². The normalized spacial score (nSPS) is 22.4. The zero-order chi connectivity index (χ0) is 27.6. The molecule has 0 aliphatic carbocycles. The molecular weight excluding hydrogens is 498 g/mol. The summed E-state index contributed by atoms with van der Waals surface area (Å²) in [7, 11) is 29.8. The summed E-state index contributed by atoms with van der Waals surface area (Å²) in [5, 5.41) is -0.826. The third kappa shape index (κ3) is 4.00. The molecule has 2 aromatic carbocycles. The maximum absolute atomic E-state index is 14.5. The van der Waals surface area contributed by atoms with Gasteiger partial charge in [0.2, 0.25) is 11.8 Å². The van der Waals surface area contributed by atoms with Crippen molar-refractivity contribution >= 4 is 74.5 Å². The predicted molar refractivity (Wildman–Crippen MR) is 134 cm³/mol. The van der Waals surface area contributed by atoms with Gasteiger partial charge in [0.15, 0.2) is 0 Å². The molecule has 2 aromatic rings. The van der Waals surface area contributed by atoms with Crippen molar-refractivity contribution in [3.8, 4) is 0 Å². The summed E-state index contributed by atoms with van der Waals surface area (Å²) in [6.45, 7) is -0.611. The van der Waals surface area contributed by atoms with E-state index >= 15 is 0 Å². The Labute approximate surface area is 222 Å². The van der Waals surface area contributed by atoms with Crippen molar-refractivity contribution in [3.05, 3.63) is 69.7 Å². The number of rotatable bonds is 5. The molecule has 0 aromatic heterocycles. The summed E-state index contributed by atoms with van der Waals surface area (Å²) >= 11 is 5.71. The van der Waals surface area contributed by atoms with Crippen LogP contribution in [0.5, 0.6) is 0 Å². The topological polar surface area (TPSA) is 95.6 Å². The van der Waals surface area contributed by atoms with Crippen LogP contribution >= 0.6 is 11.6 Å². The number of alkyl halides is 2. The molecule has 0 bridgehead atoms. The molecule has 1 atom stereocenters. The van der Waals surface area contributed by atoms with Crippen LogP contribution in [0, 0.1) is 0 Å². The number of imide groups is 1. The van der Waals surface area contributed by atoms with Crippen LogP contribution in [0.4, 0.5) is 8.78 Å². The number of fused-ring (bicyclic) bond motifs is 1. The predicted octanol–water partition coefficient (Wildman–Crippen LogP) is 0.132. The lowest BCUT2D eigenvalue weighted by Gasteiger charge is -2.60. The van der Waals surface area contributed by atoms with Crippen LogP contribution in [0.15, 0.2) is 42.5 Å². The van der Waals surface area contributed by atoms with Crippen LogP contribution in [-0.2, 0) is 33.4 Å². The van der Waals surface area contributed by atoms with Crippen LogP contribution in [-0.4, -0.2) is 73.2 Å². The maximum Gasteiger partial charge on any atom is 0.349 e. The molecule has 1 saturated heterocycles. The molecule has 7 nitrogen and oxygen atoms in total.